The van der Waals surface area contributed by atoms with Crippen LogP contribution in [-0.2, 0) is 27.2 Å². The molecule has 3 aromatic rings. The summed E-state index contributed by atoms with van der Waals surface area (Å²) in [6, 6.07) is 20.3. The Kier molecular flexibility index (Phi) is 6.79. The van der Waals surface area contributed by atoms with E-state index in [0.29, 0.717) is 45.6 Å². The molecule has 1 saturated heterocycles. The van der Waals surface area contributed by atoms with Crippen molar-refractivity contribution in [2.45, 2.75) is 38.1 Å². The molecule has 7 heteroatoms. The number of para-hydroxylation sites is 1. The Morgan fingerprint density at radius 3 is 2.65 bits per heavy atom. The van der Waals surface area contributed by atoms with E-state index in [1.807, 2.05) is 48.5 Å². The first kappa shape index (κ1) is 22.5. The first-order chi connectivity index (χ1) is 16.7. The third kappa shape index (κ3) is 4.79. The molecule has 7 nitrogen and oxygen atoms in total. The second-order valence-corrected chi connectivity index (χ2v) is 8.92. The first-order valence-corrected chi connectivity index (χ1v) is 11.9. The number of rotatable bonds is 3. The zero-order chi connectivity index (χ0) is 23.3. The van der Waals surface area contributed by atoms with Gasteiger partial charge in [0.05, 0.1) is 25.2 Å². The highest BCUT2D eigenvalue weighted by Gasteiger charge is 2.33. The molecular formula is C27H29N3O4. The lowest BCUT2D eigenvalue weighted by molar-refractivity contribution is -0.0897. The lowest BCUT2D eigenvalue weighted by Crippen LogP contribution is -2.37. The molecule has 0 spiro atoms. The van der Waals surface area contributed by atoms with Crippen LogP contribution in [0.1, 0.15) is 35.6 Å². The molecule has 1 amide bonds. The predicted octanol–water partition coefficient (Wildman–Crippen LogP) is 4.74. The highest BCUT2D eigenvalue weighted by atomic mass is 16.7. The molecule has 1 aromatic heterocycles. The number of carbonyl (C=O) groups is 1. The molecule has 2 unspecified atom stereocenters. The van der Waals surface area contributed by atoms with Gasteiger partial charge in [-0.2, -0.15) is 5.26 Å². The fraction of sp³-hybridized carbons (Fsp3) is 0.407. The van der Waals surface area contributed by atoms with Crippen molar-refractivity contribution in [3.63, 3.8) is 0 Å². The summed E-state index contributed by atoms with van der Waals surface area (Å²) in [7, 11) is 0. The van der Waals surface area contributed by atoms with Crippen molar-refractivity contribution in [1.29, 1.82) is 5.26 Å². The van der Waals surface area contributed by atoms with E-state index in [2.05, 4.69) is 17.1 Å². The van der Waals surface area contributed by atoms with Gasteiger partial charge in [0, 0.05) is 35.6 Å². The molecule has 0 radical (unpaired) electrons. The molecule has 0 aliphatic carbocycles. The van der Waals surface area contributed by atoms with Gasteiger partial charge in [0.25, 0.3) is 0 Å². The average Bonchev–Trinajstić information content (AvgIpc) is 3.54. The highest BCUT2D eigenvalue weighted by Crippen LogP contribution is 2.35. The van der Waals surface area contributed by atoms with Gasteiger partial charge in [-0.25, -0.2) is 4.79 Å². The van der Waals surface area contributed by atoms with Crippen molar-refractivity contribution >= 4 is 17.0 Å². The fourth-order valence-electron chi connectivity index (χ4n) is 5.01. The summed E-state index contributed by atoms with van der Waals surface area (Å²) in [4.78, 5) is 18.4. The number of hydrogen-bond donors (Lipinski definition) is 1. The van der Waals surface area contributed by atoms with Crippen LogP contribution in [0.25, 0.3) is 10.9 Å². The second kappa shape index (κ2) is 10.3. The number of nitrogens with one attached hydrogen (secondary N) is 1. The summed E-state index contributed by atoms with van der Waals surface area (Å²) in [6.07, 6.45) is 1.26. The molecule has 176 valence electrons. The van der Waals surface area contributed by atoms with E-state index in [4.69, 9.17) is 14.2 Å². The Balaban J connectivity index is 1.42. The largest absolute Gasteiger partial charge is 0.445 e. The Morgan fingerprint density at radius 1 is 1.09 bits per heavy atom. The Labute approximate surface area is 199 Å². The van der Waals surface area contributed by atoms with E-state index in [1.54, 1.807) is 4.90 Å². The van der Waals surface area contributed by atoms with E-state index >= 15 is 0 Å². The number of hydrogen-bond acceptors (Lipinski definition) is 5. The minimum absolute atomic E-state index is 0.00562. The fourth-order valence-corrected chi connectivity index (χ4v) is 5.01. The van der Waals surface area contributed by atoms with Crippen LogP contribution in [0.2, 0.25) is 0 Å². The van der Waals surface area contributed by atoms with E-state index in [-0.39, 0.29) is 30.8 Å². The molecule has 2 aromatic carbocycles. The van der Waals surface area contributed by atoms with E-state index in [0.717, 1.165) is 27.7 Å². The number of nitriles is 1. The van der Waals surface area contributed by atoms with Crippen molar-refractivity contribution in [2.75, 3.05) is 26.3 Å². The van der Waals surface area contributed by atoms with Gasteiger partial charge < -0.3 is 24.1 Å². The van der Waals surface area contributed by atoms with Crippen molar-refractivity contribution < 1.29 is 19.0 Å². The normalized spacial score (nSPS) is 21.7. The molecule has 34 heavy (non-hydrogen) atoms. The SMILES string of the molecule is N#CC1CC(C2OCCO2)CCN(C(=O)OCc2ccccc2)CCc2c1[nH]c1ccccc21. The molecule has 2 aliphatic rings. The zero-order valence-electron chi connectivity index (χ0n) is 19.1. The van der Waals surface area contributed by atoms with Gasteiger partial charge >= 0.3 is 6.09 Å². The van der Waals surface area contributed by atoms with Crippen molar-refractivity contribution in [3.05, 3.63) is 71.4 Å². The van der Waals surface area contributed by atoms with Gasteiger partial charge in [-0.3, -0.25) is 0 Å². The van der Waals surface area contributed by atoms with E-state index in [9.17, 15) is 10.1 Å². The summed E-state index contributed by atoms with van der Waals surface area (Å²) < 4.78 is 17.3. The maximum Gasteiger partial charge on any atom is 0.410 e. The smallest absolute Gasteiger partial charge is 0.410 e. The molecule has 0 bridgehead atoms. The summed E-state index contributed by atoms with van der Waals surface area (Å²) >= 11 is 0. The van der Waals surface area contributed by atoms with Crippen LogP contribution < -0.4 is 0 Å². The van der Waals surface area contributed by atoms with Crippen LogP contribution in [0.15, 0.2) is 54.6 Å². The molecular weight excluding hydrogens is 430 g/mol. The third-order valence-corrected chi connectivity index (χ3v) is 6.79. The molecule has 1 N–H and O–H groups in total. The quantitative estimate of drug-likeness (QED) is 0.611. The van der Waals surface area contributed by atoms with Gasteiger partial charge in [0.15, 0.2) is 6.29 Å². The number of nitrogens with zero attached hydrogens (tertiary/aromatic N) is 2. The van der Waals surface area contributed by atoms with Gasteiger partial charge in [-0.1, -0.05) is 48.5 Å². The monoisotopic (exact) mass is 459 g/mol. The van der Waals surface area contributed by atoms with Gasteiger partial charge in [0.2, 0.25) is 0 Å². The van der Waals surface area contributed by atoms with E-state index in [1.165, 1.54) is 0 Å². The second-order valence-electron chi connectivity index (χ2n) is 8.92. The zero-order valence-corrected chi connectivity index (χ0v) is 19.1. The lowest BCUT2D eigenvalue weighted by Gasteiger charge is -2.30. The number of aromatic amines is 1. The Hall–Kier alpha value is -3.34. The molecule has 2 atom stereocenters. The van der Waals surface area contributed by atoms with Gasteiger partial charge in [-0.05, 0) is 36.5 Å². The van der Waals surface area contributed by atoms with Gasteiger partial charge in [0.1, 0.15) is 6.61 Å². The minimum Gasteiger partial charge on any atom is -0.445 e. The van der Waals surface area contributed by atoms with Crippen LogP contribution in [0.5, 0.6) is 0 Å². The number of fused-ring (bicyclic) bond motifs is 3. The average molecular weight is 460 g/mol. The van der Waals surface area contributed by atoms with Crippen LogP contribution in [0.4, 0.5) is 4.79 Å². The first-order valence-electron chi connectivity index (χ1n) is 11.9. The standard InChI is InChI=1S/C27H29N3O4/c28-17-21-16-20(26-32-14-15-33-26)10-12-30(27(31)34-18-19-6-2-1-3-7-19)13-11-23-22-8-4-5-9-24(22)29-25(21)23/h1-9,20-21,26,29H,10-16,18H2. The van der Waals surface area contributed by atoms with E-state index < -0.39 is 0 Å². The molecule has 5 rings (SSSR count). The van der Waals surface area contributed by atoms with Crippen LogP contribution >= 0.6 is 0 Å². The number of carbonyl (C=O) groups excluding carboxylic acids is 1. The van der Waals surface area contributed by atoms with Crippen molar-refractivity contribution in [2.24, 2.45) is 5.92 Å². The van der Waals surface area contributed by atoms with Crippen molar-refractivity contribution in [3.8, 4) is 6.07 Å². The number of H-pyrrole nitrogens is 1. The van der Waals surface area contributed by atoms with Gasteiger partial charge in [-0.15, -0.1) is 0 Å². The summed E-state index contributed by atoms with van der Waals surface area (Å²) in [5.74, 6) is -0.300. The third-order valence-electron chi connectivity index (χ3n) is 6.79. The summed E-state index contributed by atoms with van der Waals surface area (Å²) in [5.41, 5.74) is 4.00. The number of benzene rings is 2. The topological polar surface area (TPSA) is 87.6 Å². The molecule has 0 saturated carbocycles. The maximum atomic E-state index is 13.1. The number of ether oxygens (including phenoxy) is 3. The molecule has 2 aliphatic heterocycles. The Morgan fingerprint density at radius 2 is 1.85 bits per heavy atom. The number of amides is 1. The molecule has 3 heterocycles. The maximum absolute atomic E-state index is 13.1. The minimum atomic E-state index is -0.356. The van der Waals surface area contributed by atoms with Crippen LogP contribution in [0.3, 0.4) is 0 Å². The predicted molar refractivity (Wildman–Crippen MR) is 127 cm³/mol. The van der Waals surface area contributed by atoms with Crippen molar-refractivity contribution in [1.82, 2.24) is 9.88 Å². The molecule has 1 fully saturated rings. The Bertz CT molecular complexity index is 1160. The van der Waals surface area contributed by atoms with Crippen LogP contribution in [-0.4, -0.2) is 48.6 Å². The lowest BCUT2D eigenvalue weighted by atomic mass is 9.87. The van der Waals surface area contributed by atoms with Crippen LogP contribution in [0, 0.1) is 17.2 Å². The number of aromatic nitrogens is 1. The highest BCUT2D eigenvalue weighted by molar-refractivity contribution is 5.85. The summed E-state index contributed by atoms with van der Waals surface area (Å²) in [6.45, 7) is 2.39. The summed E-state index contributed by atoms with van der Waals surface area (Å²) in [5, 5.41) is 11.2.